The monoisotopic (exact) mass is 400 g/mol. The fraction of sp³-hybridized carbons (Fsp3) is 0.286. The molecular weight excluding hydrogens is 376 g/mol. The number of hydrogen-bond donors (Lipinski definition) is 2. The van der Waals surface area contributed by atoms with Crippen molar-refractivity contribution in [2.24, 2.45) is 0 Å². The molecule has 154 valence electrons. The third-order valence-electron chi connectivity index (χ3n) is 4.14. The van der Waals surface area contributed by atoms with E-state index in [1.807, 2.05) is 18.2 Å². The Balaban J connectivity index is 1.94. The van der Waals surface area contributed by atoms with Crippen LogP contribution in [0.5, 0.6) is 5.75 Å². The number of carbonyl (C=O) groups is 3. The highest BCUT2D eigenvalue weighted by Gasteiger charge is 2.35. The van der Waals surface area contributed by atoms with Crippen LogP contribution >= 0.6 is 0 Å². The third-order valence-corrected chi connectivity index (χ3v) is 4.14. The molecule has 0 aliphatic heterocycles. The molecule has 1 unspecified atom stereocenters. The summed E-state index contributed by atoms with van der Waals surface area (Å²) in [6.45, 7) is 1.42. The molecule has 0 saturated heterocycles. The number of rotatable bonds is 9. The van der Waals surface area contributed by atoms with Crippen molar-refractivity contribution in [3.63, 3.8) is 0 Å². The molecule has 1 amide bonds. The fourth-order valence-electron chi connectivity index (χ4n) is 2.44. The molecule has 0 aliphatic carbocycles. The summed E-state index contributed by atoms with van der Waals surface area (Å²) < 4.78 is 15.1. The summed E-state index contributed by atoms with van der Waals surface area (Å²) >= 11 is 0. The van der Waals surface area contributed by atoms with E-state index in [9.17, 15) is 14.4 Å². The number of esters is 2. The van der Waals surface area contributed by atoms with E-state index in [0.29, 0.717) is 17.0 Å². The quantitative estimate of drug-likeness (QED) is 0.621. The molecule has 2 aromatic carbocycles. The minimum Gasteiger partial charge on any atom is -0.491 e. The summed E-state index contributed by atoms with van der Waals surface area (Å²) in [7, 11) is 2.57. The minimum atomic E-state index is -1.23. The molecule has 0 spiro atoms. The largest absolute Gasteiger partial charge is 0.491 e. The molecule has 8 nitrogen and oxygen atoms in total. The standard InChI is InChI=1S/C21H24N2O6/c1-21(20(26)28-3,14-29-17-7-5-4-6-8-17)22-13-18(24)23-16-11-9-15(10-12-16)19(25)27-2/h4-12,22H,13-14H2,1-3H3,(H,23,24). The number of anilines is 1. The van der Waals surface area contributed by atoms with Gasteiger partial charge in [-0.2, -0.15) is 0 Å². The van der Waals surface area contributed by atoms with Gasteiger partial charge in [0, 0.05) is 5.69 Å². The molecule has 0 radical (unpaired) electrons. The predicted octanol–water partition coefficient (Wildman–Crippen LogP) is 2.01. The van der Waals surface area contributed by atoms with E-state index in [1.54, 1.807) is 43.3 Å². The Bertz CT molecular complexity index is 838. The number of benzene rings is 2. The normalized spacial score (nSPS) is 12.4. The molecule has 2 aromatic rings. The molecule has 8 heteroatoms. The second-order valence-electron chi connectivity index (χ2n) is 6.40. The van der Waals surface area contributed by atoms with Gasteiger partial charge in [0.2, 0.25) is 5.91 Å². The summed E-state index contributed by atoms with van der Waals surface area (Å²) in [6.07, 6.45) is 0. The molecule has 0 aromatic heterocycles. The van der Waals surface area contributed by atoms with Crippen molar-refractivity contribution in [1.29, 1.82) is 0 Å². The average Bonchev–Trinajstić information content (AvgIpc) is 2.76. The van der Waals surface area contributed by atoms with Crippen LogP contribution in [0, 0.1) is 0 Å². The lowest BCUT2D eigenvalue weighted by Gasteiger charge is -2.27. The van der Waals surface area contributed by atoms with Gasteiger partial charge in [-0.05, 0) is 43.3 Å². The van der Waals surface area contributed by atoms with Gasteiger partial charge < -0.3 is 19.5 Å². The Labute approximate surface area is 169 Å². The van der Waals surface area contributed by atoms with Crippen LogP contribution in [-0.4, -0.2) is 50.8 Å². The number of para-hydroxylation sites is 1. The van der Waals surface area contributed by atoms with E-state index in [0.717, 1.165) is 0 Å². The lowest BCUT2D eigenvalue weighted by molar-refractivity contribution is -0.149. The zero-order valence-electron chi connectivity index (χ0n) is 16.6. The molecule has 29 heavy (non-hydrogen) atoms. The topological polar surface area (TPSA) is 103 Å². The van der Waals surface area contributed by atoms with Crippen LogP contribution in [0.2, 0.25) is 0 Å². The molecule has 1 atom stereocenters. The van der Waals surface area contributed by atoms with Gasteiger partial charge in [0.05, 0.1) is 26.3 Å². The molecule has 2 rings (SSSR count). The van der Waals surface area contributed by atoms with Gasteiger partial charge in [0.1, 0.15) is 17.9 Å². The van der Waals surface area contributed by atoms with E-state index in [4.69, 9.17) is 9.47 Å². The Morgan fingerprint density at radius 1 is 0.931 bits per heavy atom. The summed E-state index contributed by atoms with van der Waals surface area (Å²) in [5, 5.41) is 5.57. The molecular formula is C21H24N2O6. The van der Waals surface area contributed by atoms with Crippen molar-refractivity contribution in [3.8, 4) is 5.75 Å². The van der Waals surface area contributed by atoms with Gasteiger partial charge in [0.15, 0.2) is 0 Å². The zero-order chi connectivity index (χ0) is 21.3. The van der Waals surface area contributed by atoms with Crippen LogP contribution in [0.3, 0.4) is 0 Å². The summed E-state index contributed by atoms with van der Waals surface area (Å²) in [4.78, 5) is 35.9. The zero-order valence-corrected chi connectivity index (χ0v) is 16.6. The maximum absolute atomic E-state index is 12.3. The average molecular weight is 400 g/mol. The van der Waals surface area contributed by atoms with E-state index in [-0.39, 0.29) is 19.1 Å². The van der Waals surface area contributed by atoms with Crippen LogP contribution in [0.15, 0.2) is 54.6 Å². The van der Waals surface area contributed by atoms with Gasteiger partial charge in [-0.25, -0.2) is 9.59 Å². The molecule has 2 N–H and O–H groups in total. The number of nitrogens with one attached hydrogen (secondary N) is 2. The number of carbonyl (C=O) groups excluding carboxylic acids is 3. The molecule has 0 aliphatic rings. The van der Waals surface area contributed by atoms with E-state index < -0.39 is 17.5 Å². The first-order valence-electron chi connectivity index (χ1n) is 8.87. The van der Waals surface area contributed by atoms with E-state index in [2.05, 4.69) is 15.4 Å². The van der Waals surface area contributed by atoms with Crippen LogP contribution in [0.25, 0.3) is 0 Å². The van der Waals surface area contributed by atoms with Gasteiger partial charge in [-0.3, -0.25) is 10.1 Å². The van der Waals surface area contributed by atoms with Gasteiger partial charge >= 0.3 is 11.9 Å². The third kappa shape index (κ3) is 6.32. The first-order chi connectivity index (χ1) is 13.9. The van der Waals surface area contributed by atoms with Gasteiger partial charge in [-0.15, -0.1) is 0 Å². The molecule has 0 fully saturated rings. The van der Waals surface area contributed by atoms with E-state index in [1.165, 1.54) is 14.2 Å². The van der Waals surface area contributed by atoms with Crippen molar-refractivity contribution in [2.75, 3.05) is 32.7 Å². The minimum absolute atomic E-state index is 0.0230. The second kappa shape index (κ2) is 10.2. The maximum Gasteiger partial charge on any atom is 0.337 e. The lowest BCUT2D eigenvalue weighted by Crippen LogP contribution is -2.56. The van der Waals surface area contributed by atoms with Crippen molar-refractivity contribution in [1.82, 2.24) is 5.32 Å². The Hall–Kier alpha value is -3.39. The highest BCUT2D eigenvalue weighted by Crippen LogP contribution is 2.14. The molecule has 0 bridgehead atoms. The summed E-state index contributed by atoms with van der Waals surface area (Å²) in [5.41, 5.74) is -0.346. The Morgan fingerprint density at radius 2 is 1.59 bits per heavy atom. The van der Waals surface area contributed by atoms with Crippen molar-refractivity contribution >= 4 is 23.5 Å². The first kappa shape index (κ1) is 21.9. The summed E-state index contributed by atoms with van der Waals surface area (Å²) in [5.74, 6) is -0.786. The van der Waals surface area contributed by atoms with Crippen molar-refractivity contribution < 1.29 is 28.6 Å². The number of hydrogen-bond acceptors (Lipinski definition) is 7. The number of amides is 1. The SMILES string of the molecule is COC(=O)c1ccc(NC(=O)CNC(C)(COc2ccccc2)C(=O)OC)cc1. The van der Waals surface area contributed by atoms with Crippen LogP contribution in [0.1, 0.15) is 17.3 Å². The highest BCUT2D eigenvalue weighted by molar-refractivity contribution is 5.94. The van der Waals surface area contributed by atoms with Crippen molar-refractivity contribution in [2.45, 2.75) is 12.5 Å². The van der Waals surface area contributed by atoms with Crippen molar-refractivity contribution in [3.05, 3.63) is 60.2 Å². The maximum atomic E-state index is 12.3. The second-order valence-corrected chi connectivity index (χ2v) is 6.40. The Morgan fingerprint density at radius 3 is 2.17 bits per heavy atom. The summed E-state index contributed by atoms with van der Waals surface area (Å²) in [6, 6.07) is 15.3. The number of ether oxygens (including phenoxy) is 3. The first-order valence-corrected chi connectivity index (χ1v) is 8.87. The van der Waals surface area contributed by atoms with Crippen LogP contribution < -0.4 is 15.4 Å². The number of methoxy groups -OCH3 is 2. The fourth-order valence-corrected chi connectivity index (χ4v) is 2.44. The van der Waals surface area contributed by atoms with Gasteiger partial charge in [0.25, 0.3) is 0 Å². The lowest BCUT2D eigenvalue weighted by atomic mass is 10.0. The molecule has 0 saturated carbocycles. The predicted molar refractivity (Wildman–Crippen MR) is 107 cm³/mol. The van der Waals surface area contributed by atoms with Gasteiger partial charge in [-0.1, -0.05) is 18.2 Å². The van der Waals surface area contributed by atoms with Crippen LogP contribution in [0.4, 0.5) is 5.69 Å². The molecule has 0 heterocycles. The Kier molecular flexibility index (Phi) is 7.73. The van der Waals surface area contributed by atoms with Crippen LogP contribution in [-0.2, 0) is 19.1 Å². The highest BCUT2D eigenvalue weighted by atomic mass is 16.5. The van der Waals surface area contributed by atoms with E-state index >= 15 is 0 Å². The smallest absolute Gasteiger partial charge is 0.337 e.